The van der Waals surface area contributed by atoms with E-state index in [4.69, 9.17) is 5.11 Å². The van der Waals surface area contributed by atoms with Crippen molar-refractivity contribution in [1.29, 1.82) is 0 Å². The second-order valence-corrected chi connectivity index (χ2v) is 3.31. The summed E-state index contributed by atoms with van der Waals surface area (Å²) < 4.78 is 41.6. The molecule has 0 saturated heterocycles. The highest BCUT2D eigenvalue weighted by atomic mass is 19.4. The lowest BCUT2D eigenvalue weighted by Gasteiger charge is -2.00. The summed E-state index contributed by atoms with van der Waals surface area (Å²) in [4.78, 5) is 13.7. The molecule has 0 aliphatic heterocycles. The molecule has 1 heterocycles. The van der Waals surface area contributed by atoms with E-state index in [-0.39, 0.29) is 11.8 Å². The number of hydrogen-bond donors (Lipinski definition) is 1. The Bertz CT molecular complexity index is 406. The van der Waals surface area contributed by atoms with Crippen molar-refractivity contribution in [3.05, 3.63) is 17.3 Å². The van der Waals surface area contributed by atoms with E-state index >= 15 is 0 Å². The number of alkyl halides is 3. The molecular formula is C8H6F3NO3. The molecular weight excluding hydrogens is 215 g/mol. The number of aromatic nitrogens is 1. The quantitative estimate of drug-likeness (QED) is 0.831. The lowest BCUT2D eigenvalue weighted by atomic mass is 10.3. The molecule has 0 atom stereocenters. The van der Waals surface area contributed by atoms with Crippen LogP contribution in [-0.2, 0) is 6.18 Å². The van der Waals surface area contributed by atoms with Crippen LogP contribution in [-0.4, -0.2) is 16.1 Å². The molecule has 4 nitrogen and oxygen atoms in total. The highest BCUT2D eigenvalue weighted by molar-refractivity contribution is 5.85. The molecule has 0 unspecified atom stereocenters. The summed E-state index contributed by atoms with van der Waals surface area (Å²) in [5.74, 6) is -3.15. The van der Waals surface area contributed by atoms with Crippen molar-refractivity contribution in [2.24, 2.45) is 0 Å². The largest absolute Gasteiger partial charge is 0.475 e. The Morgan fingerprint density at radius 3 is 2.40 bits per heavy atom. The van der Waals surface area contributed by atoms with Gasteiger partial charge in [0.25, 0.3) is 0 Å². The number of carbonyl (C=O) groups is 1. The third kappa shape index (κ3) is 1.81. The van der Waals surface area contributed by atoms with Gasteiger partial charge in [-0.2, -0.15) is 13.2 Å². The van der Waals surface area contributed by atoms with Gasteiger partial charge in [-0.15, -0.1) is 0 Å². The lowest BCUT2D eigenvalue weighted by Crippen LogP contribution is -2.11. The van der Waals surface area contributed by atoms with E-state index in [1.807, 2.05) is 0 Å². The van der Waals surface area contributed by atoms with Crippen LogP contribution in [0.2, 0.25) is 0 Å². The maximum Gasteiger partial charge on any atom is 0.437 e. The number of aromatic carboxylic acids is 1. The summed E-state index contributed by atoms with van der Waals surface area (Å²) in [6.07, 6.45) is -3.40. The predicted octanol–water partition coefficient (Wildman–Crippen LogP) is 2.27. The van der Waals surface area contributed by atoms with Gasteiger partial charge in [0.05, 0.1) is 0 Å². The zero-order chi connectivity index (χ0) is 11.2. The van der Waals surface area contributed by atoms with Gasteiger partial charge in [0.2, 0.25) is 5.76 Å². The van der Waals surface area contributed by atoms with Crippen molar-refractivity contribution in [3.8, 4) is 0 Å². The minimum Gasteiger partial charge on any atom is -0.475 e. The molecule has 0 amide bonds. The van der Waals surface area contributed by atoms with E-state index in [2.05, 4.69) is 9.40 Å². The molecule has 0 radical (unpaired) electrons. The molecule has 15 heavy (non-hydrogen) atoms. The van der Waals surface area contributed by atoms with Crippen molar-refractivity contribution in [2.45, 2.75) is 24.9 Å². The molecule has 1 aliphatic rings. The molecule has 1 fully saturated rings. The number of rotatable bonds is 2. The fraction of sp³-hybridized carbons (Fsp3) is 0.500. The van der Waals surface area contributed by atoms with Crippen LogP contribution in [0.3, 0.4) is 0 Å². The Hall–Kier alpha value is -1.53. The van der Waals surface area contributed by atoms with Gasteiger partial charge in [0, 0.05) is 5.92 Å². The smallest absolute Gasteiger partial charge is 0.437 e. The Balaban J connectivity index is 2.46. The van der Waals surface area contributed by atoms with E-state index in [1.165, 1.54) is 0 Å². The Labute approximate surface area is 81.7 Å². The van der Waals surface area contributed by atoms with Crippen molar-refractivity contribution < 1.29 is 27.5 Å². The zero-order valence-corrected chi connectivity index (χ0v) is 7.34. The monoisotopic (exact) mass is 221 g/mol. The molecule has 2 rings (SSSR count). The number of carboxylic acids is 1. The van der Waals surface area contributed by atoms with Gasteiger partial charge >= 0.3 is 12.1 Å². The topological polar surface area (TPSA) is 63.3 Å². The first-order chi connectivity index (χ1) is 6.89. The molecule has 7 heteroatoms. The molecule has 82 valence electrons. The second kappa shape index (κ2) is 2.98. The minimum absolute atomic E-state index is 0.125. The van der Waals surface area contributed by atoms with Crippen molar-refractivity contribution in [2.75, 3.05) is 0 Å². The van der Waals surface area contributed by atoms with Crippen LogP contribution in [0.25, 0.3) is 0 Å². The molecule has 1 saturated carbocycles. The van der Waals surface area contributed by atoms with Crippen LogP contribution in [0.4, 0.5) is 13.2 Å². The van der Waals surface area contributed by atoms with E-state index in [0.717, 1.165) is 0 Å². The first-order valence-corrected chi connectivity index (χ1v) is 4.21. The van der Waals surface area contributed by atoms with Crippen molar-refractivity contribution >= 4 is 5.97 Å². The molecule has 0 bridgehead atoms. The number of halogens is 3. The van der Waals surface area contributed by atoms with Crippen LogP contribution in [0.5, 0.6) is 0 Å². The predicted molar refractivity (Wildman–Crippen MR) is 40.4 cm³/mol. The lowest BCUT2D eigenvalue weighted by molar-refractivity contribution is -0.141. The number of nitrogens with zero attached hydrogens (tertiary/aromatic N) is 1. The van der Waals surface area contributed by atoms with Crippen molar-refractivity contribution in [1.82, 2.24) is 4.98 Å². The van der Waals surface area contributed by atoms with Crippen molar-refractivity contribution in [3.63, 3.8) is 0 Å². The van der Waals surface area contributed by atoms with Crippen LogP contribution in [0, 0.1) is 0 Å². The second-order valence-electron chi connectivity index (χ2n) is 3.31. The average molecular weight is 221 g/mol. The van der Waals surface area contributed by atoms with Gasteiger partial charge in [-0.1, -0.05) is 0 Å². The van der Waals surface area contributed by atoms with Gasteiger partial charge < -0.3 is 9.52 Å². The molecule has 0 aromatic carbocycles. The van der Waals surface area contributed by atoms with Crippen LogP contribution < -0.4 is 0 Å². The van der Waals surface area contributed by atoms with Gasteiger partial charge in [0.1, 0.15) is 0 Å². The third-order valence-corrected chi connectivity index (χ3v) is 2.03. The normalized spacial score (nSPS) is 16.7. The first-order valence-electron chi connectivity index (χ1n) is 4.21. The van der Waals surface area contributed by atoms with E-state index < -0.39 is 23.6 Å². The standard InChI is InChI=1S/C8H6F3NO3/c9-8(10,11)5-4(7(13)14)15-6(12-5)3-1-2-3/h3H,1-2H2,(H,13,14). The average Bonchev–Trinajstić information content (AvgIpc) is 2.81. The Morgan fingerprint density at radius 1 is 1.47 bits per heavy atom. The van der Waals surface area contributed by atoms with Gasteiger partial charge in [-0.25, -0.2) is 9.78 Å². The summed E-state index contributed by atoms with van der Waals surface area (Å²) in [6.45, 7) is 0. The summed E-state index contributed by atoms with van der Waals surface area (Å²) in [7, 11) is 0. The number of hydrogen-bond acceptors (Lipinski definition) is 3. The number of oxazole rings is 1. The number of carboxylic acid groups (broad SMARTS) is 1. The van der Waals surface area contributed by atoms with Crippen LogP contribution in [0.1, 0.15) is 40.9 Å². The Kier molecular flexibility index (Phi) is 1.99. The van der Waals surface area contributed by atoms with E-state index in [9.17, 15) is 18.0 Å². The molecule has 1 aromatic heterocycles. The maximum absolute atomic E-state index is 12.3. The Morgan fingerprint density at radius 2 is 2.07 bits per heavy atom. The molecule has 1 aliphatic carbocycles. The fourth-order valence-corrected chi connectivity index (χ4v) is 1.18. The highest BCUT2D eigenvalue weighted by Crippen LogP contribution is 2.42. The van der Waals surface area contributed by atoms with Gasteiger partial charge in [-0.3, -0.25) is 0 Å². The summed E-state index contributed by atoms with van der Waals surface area (Å²) in [6, 6.07) is 0. The van der Waals surface area contributed by atoms with Crippen LogP contribution >= 0.6 is 0 Å². The zero-order valence-electron chi connectivity index (χ0n) is 7.34. The summed E-state index contributed by atoms with van der Waals surface area (Å²) >= 11 is 0. The van der Waals surface area contributed by atoms with E-state index in [1.54, 1.807) is 0 Å². The van der Waals surface area contributed by atoms with E-state index in [0.29, 0.717) is 12.8 Å². The highest BCUT2D eigenvalue weighted by Gasteiger charge is 2.43. The minimum atomic E-state index is -4.79. The molecule has 1 aromatic rings. The molecule has 0 spiro atoms. The SMILES string of the molecule is O=C(O)c1oc(C2CC2)nc1C(F)(F)F. The summed E-state index contributed by atoms with van der Waals surface area (Å²) in [5, 5.41) is 8.51. The summed E-state index contributed by atoms with van der Waals surface area (Å²) in [5.41, 5.74) is -1.45. The van der Waals surface area contributed by atoms with Gasteiger partial charge in [-0.05, 0) is 12.8 Å². The maximum atomic E-state index is 12.3. The first kappa shape index (κ1) is 10.0. The fourth-order valence-electron chi connectivity index (χ4n) is 1.18. The van der Waals surface area contributed by atoms with Gasteiger partial charge in [0.15, 0.2) is 11.6 Å². The molecule has 1 N–H and O–H groups in total. The van der Waals surface area contributed by atoms with Crippen LogP contribution in [0.15, 0.2) is 4.42 Å². The third-order valence-electron chi connectivity index (χ3n) is 2.03.